The van der Waals surface area contributed by atoms with Crippen LogP contribution in [0.1, 0.15) is 116 Å². The van der Waals surface area contributed by atoms with Crippen LogP contribution in [0.15, 0.2) is 29.8 Å². The van der Waals surface area contributed by atoms with Gasteiger partial charge in [0.05, 0.1) is 5.56 Å². The van der Waals surface area contributed by atoms with Gasteiger partial charge in [-0.05, 0) is 116 Å². The van der Waals surface area contributed by atoms with Crippen molar-refractivity contribution in [2.24, 2.45) is 46.3 Å². The van der Waals surface area contributed by atoms with Gasteiger partial charge in [-0.3, -0.25) is 0 Å². The lowest BCUT2D eigenvalue weighted by Crippen LogP contribution is -2.49. The second-order valence-electron chi connectivity index (χ2n) is 14.5. The summed E-state index contributed by atoms with van der Waals surface area (Å²) in [5.74, 6) is 4.45. The summed E-state index contributed by atoms with van der Waals surface area (Å²) in [6.07, 6.45) is 16.6. The van der Waals surface area contributed by atoms with E-state index in [2.05, 4.69) is 40.7 Å². The predicted molar refractivity (Wildman–Crippen MR) is 158 cm³/mol. The van der Waals surface area contributed by atoms with E-state index in [0.29, 0.717) is 28.3 Å². The molecule has 0 aromatic heterocycles. The van der Waals surface area contributed by atoms with E-state index in [9.17, 15) is 4.79 Å². The fourth-order valence-electron chi connectivity index (χ4n) is 9.63. The van der Waals surface area contributed by atoms with Crippen LogP contribution in [-0.4, -0.2) is 12.1 Å². The van der Waals surface area contributed by atoms with Crippen molar-refractivity contribution >= 4 is 17.3 Å². The topological polar surface area (TPSA) is 78.3 Å². The quantitative estimate of drug-likeness (QED) is 0.215. The Morgan fingerprint density at radius 1 is 1.00 bits per heavy atom. The standard InChI is InChI=1S/C34H52N2O2/c1-21(2)7-6-8-22(3)29-11-12-30-28-10-9-24-19-27(38-32(37)23-17-25(35)20-26(36)18-23)13-15-33(24,4)31(28)14-16-34(29,30)5/h14,17-18,20-22,24,27-30H,6-13,15-16,19,35-36H2,1-5H3. The molecule has 0 spiro atoms. The van der Waals surface area contributed by atoms with E-state index in [1.807, 2.05) is 0 Å². The highest BCUT2D eigenvalue weighted by Crippen LogP contribution is 2.66. The third-order valence-electron chi connectivity index (χ3n) is 11.7. The maximum Gasteiger partial charge on any atom is 0.338 e. The van der Waals surface area contributed by atoms with Gasteiger partial charge in [-0.1, -0.05) is 65.5 Å². The van der Waals surface area contributed by atoms with Gasteiger partial charge >= 0.3 is 5.97 Å². The van der Waals surface area contributed by atoms with Crippen LogP contribution in [0.25, 0.3) is 0 Å². The molecule has 4 nitrogen and oxygen atoms in total. The lowest BCUT2D eigenvalue weighted by Gasteiger charge is -2.57. The second kappa shape index (κ2) is 10.5. The Hall–Kier alpha value is -1.97. The van der Waals surface area contributed by atoms with Crippen LogP contribution in [-0.2, 0) is 4.74 Å². The number of hydrogen-bond acceptors (Lipinski definition) is 4. The van der Waals surface area contributed by atoms with Gasteiger partial charge in [0, 0.05) is 11.4 Å². The molecule has 3 saturated carbocycles. The summed E-state index contributed by atoms with van der Waals surface area (Å²) in [4.78, 5) is 12.9. The Labute approximate surface area is 231 Å². The zero-order valence-electron chi connectivity index (χ0n) is 24.6. The highest BCUT2D eigenvalue weighted by atomic mass is 16.5. The SMILES string of the molecule is CC(C)CCCC(C)C1CCC2C3CCC4CC(OC(=O)c5cc(N)cc(N)c5)CCC4(C)C3=CCC12C. The Bertz CT molecular complexity index is 1040. The van der Waals surface area contributed by atoms with Gasteiger partial charge in [-0.2, -0.15) is 0 Å². The lowest BCUT2D eigenvalue weighted by atomic mass is 9.48. The fourth-order valence-corrected chi connectivity index (χ4v) is 9.63. The molecule has 0 aliphatic heterocycles. The summed E-state index contributed by atoms with van der Waals surface area (Å²) >= 11 is 0. The smallest absolute Gasteiger partial charge is 0.338 e. The van der Waals surface area contributed by atoms with Crippen molar-refractivity contribution in [3.8, 4) is 0 Å². The van der Waals surface area contributed by atoms with Crippen molar-refractivity contribution < 1.29 is 9.53 Å². The van der Waals surface area contributed by atoms with Crippen molar-refractivity contribution in [1.82, 2.24) is 0 Å². The van der Waals surface area contributed by atoms with Crippen molar-refractivity contribution in [3.63, 3.8) is 0 Å². The fraction of sp³-hybridized carbons (Fsp3) is 0.735. The number of nitrogens with two attached hydrogens (primary N) is 2. The largest absolute Gasteiger partial charge is 0.459 e. The van der Waals surface area contributed by atoms with Gasteiger partial charge in [-0.25, -0.2) is 4.79 Å². The number of esters is 1. The highest BCUT2D eigenvalue weighted by Gasteiger charge is 2.57. The molecule has 4 heteroatoms. The molecule has 4 aliphatic rings. The molecule has 3 fully saturated rings. The van der Waals surface area contributed by atoms with Crippen LogP contribution in [0.4, 0.5) is 11.4 Å². The first-order valence-corrected chi connectivity index (χ1v) is 15.6. The Morgan fingerprint density at radius 2 is 1.74 bits per heavy atom. The highest BCUT2D eigenvalue weighted by molar-refractivity contribution is 5.91. The molecule has 4 aliphatic carbocycles. The number of allylic oxidation sites excluding steroid dienone is 2. The minimum absolute atomic E-state index is 0.0169. The molecule has 1 aromatic rings. The molecule has 38 heavy (non-hydrogen) atoms. The molecule has 4 N–H and O–H groups in total. The van der Waals surface area contributed by atoms with Crippen LogP contribution >= 0.6 is 0 Å². The Balaban J connectivity index is 1.25. The summed E-state index contributed by atoms with van der Waals surface area (Å²) in [7, 11) is 0. The van der Waals surface area contributed by atoms with Crippen molar-refractivity contribution in [3.05, 3.63) is 35.4 Å². The maximum atomic E-state index is 12.9. The number of rotatable bonds is 7. The molecule has 0 saturated heterocycles. The molecule has 0 amide bonds. The second-order valence-corrected chi connectivity index (χ2v) is 14.5. The number of hydrogen-bond donors (Lipinski definition) is 2. The van der Waals surface area contributed by atoms with E-state index in [-0.39, 0.29) is 17.5 Å². The van der Waals surface area contributed by atoms with Crippen molar-refractivity contribution in [2.45, 2.75) is 111 Å². The average molecular weight is 521 g/mol. The van der Waals surface area contributed by atoms with Crippen molar-refractivity contribution in [1.29, 1.82) is 0 Å². The Morgan fingerprint density at radius 3 is 2.45 bits per heavy atom. The molecule has 8 atom stereocenters. The van der Waals surface area contributed by atoms with E-state index >= 15 is 0 Å². The average Bonchev–Trinajstić information content (AvgIpc) is 3.20. The van der Waals surface area contributed by atoms with Gasteiger partial charge in [0.25, 0.3) is 0 Å². The van der Waals surface area contributed by atoms with E-state index in [1.165, 1.54) is 51.4 Å². The molecular weight excluding hydrogens is 468 g/mol. The molecular formula is C34H52N2O2. The summed E-state index contributed by atoms with van der Waals surface area (Å²) in [5.41, 5.74) is 15.8. The van der Waals surface area contributed by atoms with Crippen LogP contribution in [0.5, 0.6) is 0 Å². The van der Waals surface area contributed by atoms with Gasteiger partial charge in [0.15, 0.2) is 0 Å². The molecule has 5 rings (SSSR count). The van der Waals surface area contributed by atoms with Crippen LogP contribution in [0.2, 0.25) is 0 Å². The first kappa shape index (κ1) is 27.6. The number of fused-ring (bicyclic) bond motifs is 5. The van der Waals surface area contributed by atoms with E-state index in [0.717, 1.165) is 48.9 Å². The monoisotopic (exact) mass is 520 g/mol. The summed E-state index contributed by atoms with van der Waals surface area (Å²) in [6, 6.07) is 5.01. The van der Waals surface area contributed by atoms with Gasteiger partial charge < -0.3 is 16.2 Å². The number of ether oxygens (including phenoxy) is 1. The Kier molecular flexibility index (Phi) is 7.66. The van der Waals surface area contributed by atoms with Crippen LogP contribution in [0.3, 0.4) is 0 Å². The summed E-state index contributed by atoms with van der Waals surface area (Å²) in [6.45, 7) is 12.5. The van der Waals surface area contributed by atoms with E-state index < -0.39 is 0 Å². The van der Waals surface area contributed by atoms with Gasteiger partial charge in [0.2, 0.25) is 0 Å². The van der Waals surface area contributed by atoms with Gasteiger partial charge in [-0.15, -0.1) is 0 Å². The molecule has 1 aromatic carbocycles. The molecule has 0 radical (unpaired) electrons. The number of benzene rings is 1. The molecule has 210 valence electrons. The number of carbonyl (C=O) groups is 1. The summed E-state index contributed by atoms with van der Waals surface area (Å²) in [5, 5.41) is 0. The third-order valence-corrected chi connectivity index (χ3v) is 11.7. The third kappa shape index (κ3) is 5.02. The molecule has 0 bridgehead atoms. The molecule has 8 unspecified atom stereocenters. The lowest BCUT2D eigenvalue weighted by molar-refractivity contribution is -0.0314. The first-order valence-electron chi connectivity index (χ1n) is 15.6. The normalized spacial score (nSPS) is 37.1. The number of carbonyl (C=O) groups excluding carboxylic acids is 1. The van der Waals surface area contributed by atoms with E-state index in [1.54, 1.807) is 23.8 Å². The molecule has 0 heterocycles. The zero-order chi connectivity index (χ0) is 27.2. The number of nitrogen functional groups attached to an aromatic ring is 2. The van der Waals surface area contributed by atoms with E-state index in [4.69, 9.17) is 16.2 Å². The van der Waals surface area contributed by atoms with Crippen LogP contribution in [0, 0.1) is 46.3 Å². The minimum atomic E-state index is -0.293. The first-order chi connectivity index (χ1) is 18.0. The number of anilines is 2. The zero-order valence-corrected chi connectivity index (χ0v) is 24.6. The summed E-state index contributed by atoms with van der Waals surface area (Å²) < 4.78 is 6.02. The van der Waals surface area contributed by atoms with Gasteiger partial charge in [0.1, 0.15) is 6.10 Å². The maximum absolute atomic E-state index is 12.9. The predicted octanol–water partition coefficient (Wildman–Crippen LogP) is 8.42. The van der Waals surface area contributed by atoms with Crippen LogP contribution < -0.4 is 11.5 Å². The van der Waals surface area contributed by atoms with Crippen molar-refractivity contribution in [2.75, 3.05) is 11.5 Å². The minimum Gasteiger partial charge on any atom is -0.459 e.